The van der Waals surface area contributed by atoms with Crippen LogP contribution in [0.3, 0.4) is 0 Å². The van der Waals surface area contributed by atoms with E-state index in [-0.39, 0.29) is 5.82 Å². The van der Waals surface area contributed by atoms with Gasteiger partial charge < -0.3 is 15.3 Å². The van der Waals surface area contributed by atoms with Crippen molar-refractivity contribution < 1.29 is 19.7 Å². The lowest BCUT2D eigenvalue weighted by molar-refractivity contribution is -0.0149. The van der Waals surface area contributed by atoms with Gasteiger partial charge in [0.05, 0.1) is 18.5 Å². The lowest BCUT2D eigenvalue weighted by atomic mass is 10.0. The van der Waals surface area contributed by atoms with Crippen molar-refractivity contribution in [3.05, 3.63) is 41.8 Å². The van der Waals surface area contributed by atoms with Gasteiger partial charge in [0.1, 0.15) is 18.0 Å². The van der Waals surface area contributed by atoms with Crippen LogP contribution >= 0.6 is 0 Å². The normalized spacial score (nSPS) is 14.4. The van der Waals surface area contributed by atoms with Gasteiger partial charge in [0.15, 0.2) is 0 Å². The molecule has 6 heteroatoms. The zero-order valence-electron chi connectivity index (χ0n) is 9.42. The molecule has 0 fully saturated rings. The molecule has 0 radical (unpaired) electrons. The molecule has 0 aliphatic rings. The van der Waals surface area contributed by atoms with Crippen LogP contribution in [0.15, 0.2) is 30.5 Å². The first-order chi connectivity index (χ1) is 8.63. The molecule has 1 heterocycles. The van der Waals surface area contributed by atoms with Gasteiger partial charge in [-0.05, 0) is 24.3 Å². The minimum Gasteiger partial charge on any atom is -0.394 e. The Morgan fingerprint density at radius 3 is 2.50 bits per heavy atom. The summed E-state index contributed by atoms with van der Waals surface area (Å²) in [6.07, 6.45) is -1.18. The van der Waals surface area contributed by atoms with Gasteiger partial charge in [-0.25, -0.2) is 4.39 Å². The van der Waals surface area contributed by atoms with Crippen LogP contribution in [0, 0.1) is 5.82 Å². The van der Waals surface area contributed by atoms with Crippen LogP contribution in [0.4, 0.5) is 4.39 Å². The highest BCUT2D eigenvalue weighted by Gasteiger charge is 2.22. The number of rotatable bonds is 4. The van der Waals surface area contributed by atoms with Crippen molar-refractivity contribution in [2.24, 2.45) is 0 Å². The number of hydrogen-bond acceptors (Lipinski definition) is 4. The molecular formula is C12H13FN2O3. The summed E-state index contributed by atoms with van der Waals surface area (Å²) >= 11 is 0. The molecule has 1 aromatic carbocycles. The van der Waals surface area contributed by atoms with Crippen LogP contribution in [-0.2, 0) is 0 Å². The zero-order valence-corrected chi connectivity index (χ0v) is 9.42. The first-order valence-electron chi connectivity index (χ1n) is 5.39. The lowest BCUT2D eigenvalue weighted by Gasteiger charge is -2.15. The number of aliphatic hydroxyl groups excluding tert-OH is 3. The van der Waals surface area contributed by atoms with Gasteiger partial charge in [-0.15, -0.1) is 0 Å². The fourth-order valence-electron chi connectivity index (χ4n) is 1.67. The SMILES string of the molecule is OCC(O)C(O)c1cn[nH]c1-c1ccc(F)cc1. The minimum atomic E-state index is -1.29. The van der Waals surface area contributed by atoms with E-state index in [9.17, 15) is 14.6 Å². The number of H-pyrrole nitrogens is 1. The van der Waals surface area contributed by atoms with Gasteiger partial charge in [0.2, 0.25) is 0 Å². The summed E-state index contributed by atoms with van der Waals surface area (Å²) in [6.45, 7) is -0.560. The largest absolute Gasteiger partial charge is 0.394 e. The Kier molecular flexibility index (Phi) is 3.71. The maximum absolute atomic E-state index is 12.8. The molecule has 0 amide bonds. The fraction of sp³-hybridized carbons (Fsp3) is 0.250. The first-order valence-corrected chi connectivity index (χ1v) is 5.39. The summed E-state index contributed by atoms with van der Waals surface area (Å²) < 4.78 is 12.8. The molecule has 0 spiro atoms. The Morgan fingerprint density at radius 2 is 1.89 bits per heavy atom. The van der Waals surface area contributed by atoms with E-state index in [0.717, 1.165) is 0 Å². The van der Waals surface area contributed by atoms with E-state index >= 15 is 0 Å². The van der Waals surface area contributed by atoms with Crippen LogP contribution in [-0.4, -0.2) is 38.2 Å². The van der Waals surface area contributed by atoms with Crippen molar-refractivity contribution >= 4 is 0 Å². The average Bonchev–Trinajstić information content (AvgIpc) is 2.87. The van der Waals surface area contributed by atoms with Crippen LogP contribution in [0.5, 0.6) is 0 Å². The molecule has 0 bridgehead atoms. The summed E-state index contributed by atoms with van der Waals surface area (Å²) in [5.74, 6) is -0.365. The third-order valence-corrected chi connectivity index (χ3v) is 2.67. The summed E-state index contributed by atoms with van der Waals surface area (Å²) in [5, 5.41) is 34.5. The quantitative estimate of drug-likeness (QED) is 0.641. The van der Waals surface area contributed by atoms with Crippen molar-refractivity contribution in [1.82, 2.24) is 10.2 Å². The van der Waals surface area contributed by atoms with Crippen LogP contribution in [0.25, 0.3) is 11.3 Å². The maximum Gasteiger partial charge on any atom is 0.123 e. The zero-order chi connectivity index (χ0) is 13.1. The molecule has 2 unspecified atom stereocenters. The number of aromatic nitrogens is 2. The van der Waals surface area contributed by atoms with Crippen molar-refractivity contribution in [3.8, 4) is 11.3 Å². The van der Waals surface area contributed by atoms with Crippen molar-refractivity contribution in [3.63, 3.8) is 0 Å². The van der Waals surface area contributed by atoms with E-state index in [1.54, 1.807) is 0 Å². The predicted molar refractivity (Wildman–Crippen MR) is 62.0 cm³/mol. The molecule has 0 saturated heterocycles. The summed E-state index contributed by atoms with van der Waals surface area (Å²) in [4.78, 5) is 0. The van der Waals surface area contributed by atoms with Crippen molar-refractivity contribution in [2.75, 3.05) is 6.61 Å². The Hall–Kier alpha value is -1.76. The number of nitrogens with one attached hydrogen (secondary N) is 1. The van der Waals surface area contributed by atoms with Crippen LogP contribution in [0.1, 0.15) is 11.7 Å². The van der Waals surface area contributed by atoms with E-state index < -0.39 is 18.8 Å². The minimum absolute atomic E-state index is 0.350. The summed E-state index contributed by atoms with van der Waals surface area (Å²) in [6, 6.07) is 5.64. The summed E-state index contributed by atoms with van der Waals surface area (Å²) in [5.41, 5.74) is 1.46. The molecule has 96 valence electrons. The smallest absolute Gasteiger partial charge is 0.123 e. The number of nitrogens with zero attached hydrogens (tertiary/aromatic N) is 1. The van der Waals surface area contributed by atoms with Gasteiger partial charge in [-0.2, -0.15) is 5.10 Å². The average molecular weight is 252 g/mol. The molecular weight excluding hydrogens is 239 g/mol. The molecule has 2 aromatic rings. The number of aliphatic hydroxyl groups is 3. The van der Waals surface area contributed by atoms with Gasteiger partial charge >= 0.3 is 0 Å². The molecule has 0 aliphatic heterocycles. The molecule has 18 heavy (non-hydrogen) atoms. The molecule has 5 nitrogen and oxygen atoms in total. The molecule has 4 N–H and O–H groups in total. The highest BCUT2D eigenvalue weighted by molar-refractivity contribution is 5.63. The molecule has 2 atom stereocenters. The third kappa shape index (κ3) is 2.40. The van der Waals surface area contributed by atoms with E-state index in [2.05, 4.69) is 10.2 Å². The third-order valence-electron chi connectivity index (χ3n) is 2.67. The van der Waals surface area contributed by atoms with Gasteiger partial charge in [-0.1, -0.05) is 0 Å². The number of hydrogen-bond donors (Lipinski definition) is 4. The fourth-order valence-corrected chi connectivity index (χ4v) is 1.67. The Labute approximate surface area is 103 Å². The number of halogens is 1. The first kappa shape index (κ1) is 12.7. The summed E-state index contributed by atoms with van der Waals surface area (Å²) in [7, 11) is 0. The topological polar surface area (TPSA) is 89.4 Å². The highest BCUT2D eigenvalue weighted by Crippen LogP contribution is 2.27. The Balaban J connectivity index is 2.35. The number of aromatic amines is 1. The van der Waals surface area contributed by atoms with Crippen LogP contribution in [0.2, 0.25) is 0 Å². The van der Waals surface area contributed by atoms with E-state index in [1.807, 2.05) is 0 Å². The van der Waals surface area contributed by atoms with Gasteiger partial charge in [-0.3, -0.25) is 5.10 Å². The van der Waals surface area contributed by atoms with E-state index in [1.165, 1.54) is 30.5 Å². The standard InChI is InChI=1S/C12H13FN2O3/c13-8-3-1-7(2-4-8)11-9(5-14-15-11)12(18)10(17)6-16/h1-5,10,12,16-18H,6H2,(H,14,15). The second-order valence-corrected chi connectivity index (χ2v) is 3.90. The molecule has 0 saturated carbocycles. The van der Waals surface area contributed by atoms with Gasteiger partial charge in [0, 0.05) is 11.1 Å². The number of benzene rings is 1. The van der Waals surface area contributed by atoms with Gasteiger partial charge in [0.25, 0.3) is 0 Å². The van der Waals surface area contributed by atoms with E-state index in [0.29, 0.717) is 16.8 Å². The second kappa shape index (κ2) is 5.26. The molecule has 0 aliphatic carbocycles. The molecule has 2 rings (SSSR count). The Bertz CT molecular complexity index is 512. The highest BCUT2D eigenvalue weighted by atomic mass is 19.1. The maximum atomic E-state index is 12.8. The Morgan fingerprint density at radius 1 is 1.22 bits per heavy atom. The predicted octanol–water partition coefficient (Wildman–Crippen LogP) is 0.602. The second-order valence-electron chi connectivity index (χ2n) is 3.90. The van der Waals surface area contributed by atoms with E-state index in [4.69, 9.17) is 5.11 Å². The van der Waals surface area contributed by atoms with Crippen molar-refractivity contribution in [2.45, 2.75) is 12.2 Å². The van der Waals surface area contributed by atoms with Crippen LogP contribution < -0.4 is 0 Å². The van der Waals surface area contributed by atoms with Crippen molar-refractivity contribution in [1.29, 1.82) is 0 Å². The molecule has 1 aromatic heterocycles. The lowest BCUT2D eigenvalue weighted by Crippen LogP contribution is -2.22. The monoisotopic (exact) mass is 252 g/mol.